The van der Waals surface area contributed by atoms with Crippen LogP contribution in [-0.4, -0.2) is 58.6 Å². The van der Waals surface area contributed by atoms with E-state index in [9.17, 15) is 27.9 Å². The summed E-state index contributed by atoms with van der Waals surface area (Å²) in [5.41, 5.74) is 3.87. The van der Waals surface area contributed by atoms with Crippen molar-refractivity contribution >= 4 is 34.7 Å². The fourth-order valence-corrected chi connectivity index (χ4v) is 4.60. The van der Waals surface area contributed by atoms with Crippen molar-refractivity contribution in [3.8, 4) is 0 Å². The second-order valence-corrected chi connectivity index (χ2v) is 10.2. The van der Waals surface area contributed by atoms with Crippen molar-refractivity contribution < 1.29 is 32.6 Å². The van der Waals surface area contributed by atoms with Crippen molar-refractivity contribution in [1.82, 2.24) is 4.90 Å². The number of benzene rings is 2. The molecular formula is C26H29F3N4O4. The number of hydrogen-bond acceptors (Lipinski definition) is 6. The second-order valence-electron chi connectivity index (χ2n) is 10.2. The summed E-state index contributed by atoms with van der Waals surface area (Å²) in [6.07, 6.45) is -5.72. The summed E-state index contributed by atoms with van der Waals surface area (Å²) in [5.74, 6) is -0.270. The molecule has 11 heteroatoms. The molecule has 1 unspecified atom stereocenters. The van der Waals surface area contributed by atoms with E-state index in [1.807, 2.05) is 0 Å². The van der Waals surface area contributed by atoms with Crippen LogP contribution < -0.4 is 11.1 Å². The number of aliphatic hydroxyl groups is 1. The topological polar surface area (TPSA) is 117 Å². The summed E-state index contributed by atoms with van der Waals surface area (Å²) >= 11 is 0. The molecule has 2 aromatic carbocycles. The Hall–Kier alpha value is -3.60. The minimum atomic E-state index is -4.69. The number of anilines is 1. The van der Waals surface area contributed by atoms with Crippen molar-refractivity contribution in [3.05, 3.63) is 53.2 Å². The van der Waals surface area contributed by atoms with Gasteiger partial charge in [-0.3, -0.25) is 9.79 Å². The molecule has 1 atom stereocenters. The number of nitrogens with two attached hydrogens (primary N) is 1. The maximum atomic E-state index is 14.2. The van der Waals surface area contributed by atoms with Gasteiger partial charge >= 0.3 is 12.3 Å². The summed E-state index contributed by atoms with van der Waals surface area (Å²) in [5, 5.41) is 15.0. The highest BCUT2D eigenvalue weighted by atomic mass is 19.4. The van der Waals surface area contributed by atoms with Gasteiger partial charge in [-0.15, -0.1) is 0 Å². The highest BCUT2D eigenvalue weighted by Gasteiger charge is 2.56. The van der Waals surface area contributed by atoms with Crippen molar-refractivity contribution in [2.45, 2.75) is 57.0 Å². The van der Waals surface area contributed by atoms with Gasteiger partial charge in [0.1, 0.15) is 11.7 Å². The Morgan fingerprint density at radius 3 is 2.49 bits per heavy atom. The molecule has 0 radical (unpaired) electrons. The van der Waals surface area contributed by atoms with Gasteiger partial charge in [-0.05, 0) is 56.7 Å². The van der Waals surface area contributed by atoms with Gasteiger partial charge in [0, 0.05) is 47.7 Å². The predicted molar refractivity (Wildman–Crippen MR) is 133 cm³/mol. The molecule has 37 heavy (non-hydrogen) atoms. The van der Waals surface area contributed by atoms with E-state index in [4.69, 9.17) is 10.5 Å². The number of rotatable bonds is 4. The highest BCUT2D eigenvalue weighted by molar-refractivity contribution is 6.24. The number of ether oxygens (including phenoxy) is 1. The summed E-state index contributed by atoms with van der Waals surface area (Å²) in [4.78, 5) is 29.7. The first kappa shape index (κ1) is 26.5. The second kappa shape index (κ2) is 9.37. The van der Waals surface area contributed by atoms with E-state index < -0.39 is 42.4 Å². The molecular weight excluding hydrogens is 489 g/mol. The monoisotopic (exact) mass is 518 g/mol. The number of likely N-dealkylation sites (tertiary alicyclic amines) is 1. The zero-order chi connectivity index (χ0) is 27.2. The molecule has 8 nitrogen and oxygen atoms in total. The molecule has 2 aliphatic rings. The van der Waals surface area contributed by atoms with Crippen molar-refractivity contribution in [2.24, 2.45) is 10.7 Å². The maximum Gasteiger partial charge on any atom is 0.413 e. The largest absolute Gasteiger partial charge is 0.444 e. The van der Waals surface area contributed by atoms with Gasteiger partial charge in [-0.2, -0.15) is 13.2 Å². The average molecular weight is 519 g/mol. The van der Waals surface area contributed by atoms with E-state index in [2.05, 4.69) is 10.3 Å². The predicted octanol–water partition coefficient (Wildman–Crippen LogP) is 4.68. The van der Waals surface area contributed by atoms with E-state index in [-0.39, 0.29) is 24.6 Å². The summed E-state index contributed by atoms with van der Waals surface area (Å²) < 4.78 is 47.9. The number of nitrogens with one attached hydrogen (secondary N) is 1. The Balaban J connectivity index is 1.59. The van der Waals surface area contributed by atoms with Crippen LogP contribution >= 0.6 is 0 Å². The Bertz CT molecular complexity index is 1290. The lowest BCUT2D eigenvalue weighted by Gasteiger charge is -2.40. The van der Waals surface area contributed by atoms with Gasteiger partial charge < -0.3 is 25.8 Å². The van der Waals surface area contributed by atoms with E-state index in [1.54, 1.807) is 51.1 Å². The number of carbonyl (C=O) groups excluding carboxylic acids is 2. The quantitative estimate of drug-likeness (QED) is 0.508. The number of piperidine rings is 1. The van der Waals surface area contributed by atoms with Gasteiger partial charge in [0.25, 0.3) is 5.91 Å². The van der Waals surface area contributed by atoms with Crippen LogP contribution in [0, 0.1) is 0 Å². The van der Waals surface area contributed by atoms with E-state index in [1.165, 1.54) is 4.90 Å². The van der Waals surface area contributed by atoms with Crippen LogP contribution in [0.5, 0.6) is 0 Å². The minimum Gasteiger partial charge on any atom is -0.444 e. The van der Waals surface area contributed by atoms with Gasteiger partial charge in [0.15, 0.2) is 5.54 Å². The van der Waals surface area contributed by atoms with E-state index in [0.29, 0.717) is 27.6 Å². The van der Waals surface area contributed by atoms with Gasteiger partial charge in [0.2, 0.25) is 0 Å². The minimum absolute atomic E-state index is 0.0313. The number of hydrogen-bond donors (Lipinski definition) is 3. The zero-order valence-corrected chi connectivity index (χ0v) is 20.7. The third kappa shape index (κ3) is 5.00. The van der Waals surface area contributed by atoms with Crippen LogP contribution in [0.25, 0.3) is 10.8 Å². The first-order valence-corrected chi connectivity index (χ1v) is 11.8. The number of alkyl halides is 3. The number of aliphatic hydroxyl groups excluding tert-OH is 1. The summed E-state index contributed by atoms with van der Waals surface area (Å²) in [6, 6.07) is 8.26. The zero-order valence-electron chi connectivity index (χ0n) is 20.7. The molecule has 1 fully saturated rings. The standard InChI is InChI=1S/C26H29F3N4O4/c1-24(2,3)37-23(36)33-11-9-25(10-12-33,26(27,28)29)31-14-15(13-30)21(34)17-7-8-19-20-16(17)5-4-6-18(20)22(35)32-19/h4-8,13-14,21,34H,9-12,30H2,1-3H3,(H,32,35)/b15-13+,31-14?. The molecule has 0 saturated carbocycles. The van der Waals surface area contributed by atoms with E-state index >= 15 is 0 Å². The van der Waals surface area contributed by atoms with Gasteiger partial charge in [-0.25, -0.2) is 4.79 Å². The average Bonchev–Trinajstić information content (AvgIpc) is 3.15. The lowest BCUT2D eigenvalue weighted by molar-refractivity contribution is -0.195. The molecule has 1 saturated heterocycles. The number of aliphatic imine (C=N–C) groups is 1. The number of nitrogens with zero attached hydrogens (tertiary/aromatic N) is 2. The number of halogens is 3. The Labute approximate surface area is 212 Å². The number of carbonyl (C=O) groups is 2. The van der Waals surface area contributed by atoms with Crippen LogP contribution in [0.15, 0.2) is 47.1 Å². The van der Waals surface area contributed by atoms with Gasteiger partial charge in [-0.1, -0.05) is 18.2 Å². The van der Waals surface area contributed by atoms with Crippen molar-refractivity contribution in [3.63, 3.8) is 0 Å². The third-order valence-electron chi connectivity index (χ3n) is 6.60. The molecule has 0 aromatic heterocycles. The summed E-state index contributed by atoms with van der Waals surface area (Å²) in [7, 11) is 0. The molecule has 0 spiro atoms. The Morgan fingerprint density at radius 1 is 1.22 bits per heavy atom. The molecule has 198 valence electrons. The Kier molecular flexibility index (Phi) is 6.70. The molecule has 4 rings (SSSR count). The lowest BCUT2D eigenvalue weighted by atomic mass is 9.87. The number of amides is 2. The normalized spacial score (nSPS) is 18.8. The van der Waals surface area contributed by atoms with Crippen LogP contribution in [-0.2, 0) is 4.74 Å². The van der Waals surface area contributed by atoms with Crippen molar-refractivity contribution in [1.29, 1.82) is 0 Å². The maximum absolute atomic E-state index is 14.2. The molecule has 2 aromatic rings. The van der Waals surface area contributed by atoms with Crippen LogP contribution in [0.3, 0.4) is 0 Å². The van der Waals surface area contributed by atoms with Crippen LogP contribution in [0.2, 0.25) is 0 Å². The summed E-state index contributed by atoms with van der Waals surface area (Å²) in [6.45, 7) is 4.67. The van der Waals surface area contributed by atoms with Crippen LogP contribution in [0.4, 0.5) is 23.7 Å². The Morgan fingerprint density at radius 2 is 1.89 bits per heavy atom. The first-order valence-electron chi connectivity index (χ1n) is 11.8. The third-order valence-corrected chi connectivity index (χ3v) is 6.60. The molecule has 4 N–H and O–H groups in total. The van der Waals surface area contributed by atoms with E-state index in [0.717, 1.165) is 12.4 Å². The highest BCUT2D eigenvalue weighted by Crippen LogP contribution is 2.43. The lowest BCUT2D eigenvalue weighted by Crippen LogP contribution is -2.54. The molecule has 0 aliphatic carbocycles. The molecule has 0 bridgehead atoms. The van der Waals surface area contributed by atoms with Gasteiger partial charge in [0.05, 0.1) is 0 Å². The first-order chi connectivity index (χ1) is 17.3. The SMILES string of the molecule is CC(C)(C)OC(=O)N1CCC(N=C/C(=C\N)C(O)c2ccc3c4c(cccc24)C(=O)N3)(C(F)(F)F)CC1. The molecule has 2 aliphatic heterocycles. The van der Waals surface area contributed by atoms with Crippen molar-refractivity contribution in [2.75, 3.05) is 18.4 Å². The molecule has 2 heterocycles. The molecule has 2 amide bonds. The smallest absolute Gasteiger partial charge is 0.413 e. The fourth-order valence-electron chi connectivity index (χ4n) is 4.60. The fraction of sp³-hybridized carbons (Fsp3) is 0.423. The van der Waals surface area contributed by atoms with Crippen LogP contribution in [0.1, 0.15) is 55.6 Å².